The maximum atomic E-state index is 13.0. The number of hydrogen-bond acceptors (Lipinski definition) is 12. The average molecular weight is 720 g/mol. The van der Waals surface area contributed by atoms with E-state index in [4.69, 9.17) is 23.7 Å². The number of imide groups is 2. The van der Waals surface area contributed by atoms with Gasteiger partial charge in [-0.1, -0.05) is 24.3 Å². The molecule has 15 heteroatoms. The van der Waals surface area contributed by atoms with Crippen molar-refractivity contribution in [3.05, 3.63) is 65.5 Å². The van der Waals surface area contributed by atoms with Gasteiger partial charge in [-0.2, -0.15) is 0 Å². The molecule has 2 fully saturated rings. The molecule has 0 spiro atoms. The Morgan fingerprint density at radius 3 is 2.54 bits per heavy atom. The zero-order chi connectivity index (χ0) is 36.6. The van der Waals surface area contributed by atoms with E-state index >= 15 is 0 Å². The third kappa shape index (κ3) is 8.34. The summed E-state index contributed by atoms with van der Waals surface area (Å²) in [4.78, 5) is 63.2. The first kappa shape index (κ1) is 37.1. The normalized spacial score (nSPS) is 21.0. The first-order valence-electron chi connectivity index (χ1n) is 17.6. The number of amides is 4. The molecule has 3 N–H and O–H groups in total. The van der Waals surface area contributed by atoms with Crippen molar-refractivity contribution in [3.63, 3.8) is 0 Å². The summed E-state index contributed by atoms with van der Waals surface area (Å²) in [5, 5.41) is 10.8. The van der Waals surface area contributed by atoms with E-state index in [0.29, 0.717) is 58.4 Å². The maximum Gasteiger partial charge on any atom is 0.417 e. The second-order valence-corrected chi connectivity index (χ2v) is 13.0. The van der Waals surface area contributed by atoms with Crippen LogP contribution >= 0.6 is 0 Å². The predicted octanol–water partition coefficient (Wildman–Crippen LogP) is 2.67. The highest BCUT2D eigenvalue weighted by Crippen LogP contribution is 2.35. The van der Waals surface area contributed by atoms with Crippen molar-refractivity contribution in [2.45, 2.75) is 50.4 Å². The van der Waals surface area contributed by atoms with Crippen molar-refractivity contribution in [2.75, 3.05) is 71.7 Å². The molecule has 0 saturated carbocycles. The number of methoxy groups -OCH3 is 1. The monoisotopic (exact) mass is 719 g/mol. The minimum Gasteiger partial charge on any atom is -0.452 e. The van der Waals surface area contributed by atoms with E-state index in [1.165, 1.54) is 7.11 Å². The Morgan fingerprint density at radius 1 is 0.962 bits per heavy atom. The lowest BCUT2D eigenvalue weighted by Gasteiger charge is -2.33. The molecule has 2 aromatic carbocycles. The van der Waals surface area contributed by atoms with E-state index in [-0.39, 0.29) is 42.1 Å². The summed E-state index contributed by atoms with van der Waals surface area (Å²) < 4.78 is 30.3. The van der Waals surface area contributed by atoms with Crippen LogP contribution in [0.3, 0.4) is 0 Å². The number of nitrogens with one attached hydrogen (secondary N) is 3. The van der Waals surface area contributed by atoms with E-state index in [1.54, 1.807) is 22.8 Å². The van der Waals surface area contributed by atoms with Crippen LogP contribution in [-0.4, -0.2) is 124 Å². The van der Waals surface area contributed by atoms with E-state index in [2.05, 4.69) is 16.0 Å². The first-order chi connectivity index (χ1) is 25.3. The Labute approximate surface area is 301 Å². The van der Waals surface area contributed by atoms with Crippen molar-refractivity contribution >= 4 is 46.2 Å². The fourth-order valence-corrected chi connectivity index (χ4v) is 6.91. The molecule has 2 saturated heterocycles. The molecule has 15 nitrogen and oxygen atoms in total. The van der Waals surface area contributed by atoms with Crippen LogP contribution in [0.2, 0.25) is 0 Å². The van der Waals surface area contributed by atoms with Crippen molar-refractivity contribution in [1.29, 1.82) is 0 Å². The van der Waals surface area contributed by atoms with Crippen molar-refractivity contribution in [3.8, 4) is 0 Å². The number of carbonyl (C=O) groups excluding carboxylic acids is 5. The Hall–Kier alpha value is -4.67. The van der Waals surface area contributed by atoms with Gasteiger partial charge in [-0.15, -0.1) is 0 Å². The van der Waals surface area contributed by atoms with Gasteiger partial charge in [-0.3, -0.25) is 34.0 Å². The quantitative estimate of drug-likeness (QED) is 0.146. The fourth-order valence-electron chi connectivity index (χ4n) is 6.91. The zero-order valence-electron chi connectivity index (χ0n) is 29.4. The predicted molar refractivity (Wildman–Crippen MR) is 188 cm³/mol. The molecule has 0 bridgehead atoms. The average Bonchev–Trinajstić information content (AvgIpc) is 3.65. The van der Waals surface area contributed by atoms with Crippen LogP contribution in [-0.2, 0) is 33.3 Å². The number of carbonyl (C=O) groups is 5. The van der Waals surface area contributed by atoms with Gasteiger partial charge in [-0.25, -0.2) is 4.79 Å². The summed E-state index contributed by atoms with van der Waals surface area (Å²) in [5.41, 5.74) is 1.99. The molecular weight excluding hydrogens is 674 g/mol. The number of aromatic nitrogens is 1. The van der Waals surface area contributed by atoms with Crippen molar-refractivity contribution in [1.82, 2.24) is 20.1 Å². The molecule has 6 rings (SSSR count). The highest BCUT2D eigenvalue weighted by atomic mass is 16.6. The molecule has 52 heavy (non-hydrogen) atoms. The minimum atomic E-state index is -0.999. The third-order valence-corrected chi connectivity index (χ3v) is 9.48. The second kappa shape index (κ2) is 17.2. The van der Waals surface area contributed by atoms with Crippen molar-refractivity contribution < 1.29 is 47.7 Å². The number of nitrogens with zero attached hydrogens (tertiary/aromatic N) is 2. The van der Waals surface area contributed by atoms with Gasteiger partial charge in [0.1, 0.15) is 6.04 Å². The van der Waals surface area contributed by atoms with Crippen LogP contribution < -0.4 is 16.0 Å². The van der Waals surface area contributed by atoms with Crippen LogP contribution in [0, 0.1) is 0 Å². The lowest BCUT2D eigenvalue weighted by atomic mass is 9.89. The number of fused-ring (bicyclic) bond motifs is 2. The largest absolute Gasteiger partial charge is 0.452 e. The Kier molecular flexibility index (Phi) is 12.3. The molecule has 3 aromatic rings. The van der Waals surface area contributed by atoms with Gasteiger partial charge in [0.05, 0.1) is 70.1 Å². The molecular formula is C37H45N5O10. The fraction of sp³-hybridized carbons (Fsp3) is 0.486. The molecule has 4 atom stereocenters. The molecule has 4 unspecified atom stereocenters. The molecule has 3 aliphatic heterocycles. The molecule has 4 amide bonds. The van der Waals surface area contributed by atoms with E-state index in [9.17, 15) is 24.0 Å². The van der Waals surface area contributed by atoms with Crippen LogP contribution in [0.15, 0.2) is 48.7 Å². The minimum absolute atomic E-state index is 0.00656. The van der Waals surface area contributed by atoms with E-state index in [1.807, 2.05) is 37.4 Å². The van der Waals surface area contributed by atoms with Gasteiger partial charge >= 0.3 is 6.09 Å². The molecule has 0 aliphatic carbocycles. The van der Waals surface area contributed by atoms with Gasteiger partial charge in [0.2, 0.25) is 11.8 Å². The van der Waals surface area contributed by atoms with Gasteiger partial charge in [0.25, 0.3) is 11.8 Å². The Bertz CT molecular complexity index is 1790. The molecule has 3 aliphatic rings. The van der Waals surface area contributed by atoms with Crippen molar-refractivity contribution in [2.24, 2.45) is 0 Å². The zero-order valence-corrected chi connectivity index (χ0v) is 29.4. The number of ether oxygens (including phenoxy) is 5. The standard InChI is InChI=1S/C37H45N5O10/c1-23(22-52-31-20-38-12-11-28(31)33-26-6-4-3-5-24(26)21-41(33)37(47)48-2)51-18-17-50-16-15-49-14-13-39-25-7-8-27-29(19-25)36(46)42(35(27)45)30-9-10-32(43)40-34(30)44/h3-8,19,21,23,28,30-31,38-39H,9-18,20,22H2,1-2H3,(H,40,43,44). The maximum absolute atomic E-state index is 13.0. The number of hydrogen-bond donors (Lipinski definition) is 3. The SMILES string of the molecule is COC(=O)n1cc2ccccc2c1C1CCNCC1OCC(C)OCCOCCOCCNc1ccc2c(c1)C(=O)N(C1CCC(=O)NC1=O)C2=O. The molecule has 278 valence electrons. The topological polar surface area (TPSA) is 176 Å². The van der Waals surface area contributed by atoms with E-state index in [0.717, 1.165) is 34.3 Å². The lowest BCUT2D eigenvalue weighted by Crippen LogP contribution is -2.54. The number of anilines is 1. The van der Waals surface area contributed by atoms with Crippen LogP contribution in [0.25, 0.3) is 10.8 Å². The van der Waals surface area contributed by atoms with Crippen LogP contribution in [0.4, 0.5) is 10.5 Å². The number of benzene rings is 2. The first-order valence-corrected chi connectivity index (χ1v) is 17.6. The summed E-state index contributed by atoms with van der Waals surface area (Å²) >= 11 is 0. The summed E-state index contributed by atoms with van der Waals surface area (Å²) in [6, 6.07) is 11.8. The molecule has 1 aromatic heterocycles. The Morgan fingerprint density at radius 2 is 1.73 bits per heavy atom. The van der Waals surface area contributed by atoms with Gasteiger partial charge in [0, 0.05) is 53.8 Å². The van der Waals surface area contributed by atoms with Gasteiger partial charge in [0.15, 0.2) is 0 Å². The lowest BCUT2D eigenvalue weighted by molar-refractivity contribution is -0.136. The van der Waals surface area contributed by atoms with Crippen LogP contribution in [0.1, 0.15) is 58.5 Å². The van der Waals surface area contributed by atoms with Gasteiger partial charge < -0.3 is 34.3 Å². The highest BCUT2D eigenvalue weighted by molar-refractivity contribution is 6.23. The summed E-state index contributed by atoms with van der Waals surface area (Å²) in [5.74, 6) is -2.14. The van der Waals surface area contributed by atoms with E-state index < -0.39 is 35.8 Å². The smallest absolute Gasteiger partial charge is 0.417 e. The Balaban J connectivity index is 0.853. The summed E-state index contributed by atoms with van der Waals surface area (Å²) in [7, 11) is 1.39. The van der Waals surface area contributed by atoms with Crippen LogP contribution in [0.5, 0.6) is 0 Å². The number of rotatable bonds is 16. The molecule has 0 radical (unpaired) electrons. The molecule has 4 heterocycles. The highest BCUT2D eigenvalue weighted by Gasteiger charge is 2.44. The summed E-state index contributed by atoms with van der Waals surface area (Å²) in [6.07, 6.45) is 2.11. The third-order valence-electron chi connectivity index (χ3n) is 9.48. The second-order valence-electron chi connectivity index (χ2n) is 13.0. The summed E-state index contributed by atoms with van der Waals surface area (Å²) in [6.45, 7) is 6.25. The number of piperidine rings is 2. The van der Waals surface area contributed by atoms with Gasteiger partial charge in [-0.05, 0) is 44.5 Å².